The average Bonchev–Trinajstić information content (AvgIpc) is 2.34. The Morgan fingerprint density at radius 2 is 2.10 bits per heavy atom. The second-order valence-electron chi connectivity index (χ2n) is 4.29. The molecule has 6 nitrogen and oxygen atoms in total. The summed E-state index contributed by atoms with van der Waals surface area (Å²) in [5.74, 6) is -0.402. The van der Waals surface area contributed by atoms with Crippen LogP contribution in [0.4, 0.5) is 5.69 Å². The first-order valence-electron chi connectivity index (χ1n) is 6.13. The van der Waals surface area contributed by atoms with Gasteiger partial charge in [0.25, 0.3) is 0 Å². The quantitative estimate of drug-likeness (QED) is 0.684. The lowest BCUT2D eigenvalue weighted by molar-refractivity contribution is -0.122. The summed E-state index contributed by atoms with van der Waals surface area (Å²) in [6.45, 7) is 3.84. The molecule has 1 unspecified atom stereocenters. The van der Waals surface area contributed by atoms with Gasteiger partial charge in [-0.15, -0.1) is 0 Å². The number of anilines is 1. The highest BCUT2D eigenvalue weighted by Crippen LogP contribution is 2.26. The second-order valence-corrected chi connectivity index (χ2v) is 6.35. The SMILES string of the molecule is CCCNC(=O)C(C)NS(=O)(=O)c1c(N)cccc1Cl. The molecule has 0 aromatic heterocycles. The Hall–Kier alpha value is -1.31. The highest BCUT2D eigenvalue weighted by Gasteiger charge is 2.25. The van der Waals surface area contributed by atoms with Gasteiger partial charge in [-0.2, -0.15) is 4.72 Å². The molecule has 0 saturated heterocycles. The van der Waals surface area contributed by atoms with Crippen LogP contribution >= 0.6 is 11.6 Å². The van der Waals surface area contributed by atoms with Gasteiger partial charge in [-0.05, 0) is 25.5 Å². The lowest BCUT2D eigenvalue weighted by atomic mass is 10.3. The summed E-state index contributed by atoms with van der Waals surface area (Å²) in [7, 11) is -3.96. The Labute approximate surface area is 123 Å². The van der Waals surface area contributed by atoms with Crippen molar-refractivity contribution >= 4 is 33.2 Å². The van der Waals surface area contributed by atoms with Crippen LogP contribution in [0.1, 0.15) is 20.3 Å². The Kier molecular flexibility index (Phi) is 5.79. The summed E-state index contributed by atoms with van der Waals surface area (Å²) < 4.78 is 26.7. The van der Waals surface area contributed by atoms with Crippen molar-refractivity contribution < 1.29 is 13.2 Å². The van der Waals surface area contributed by atoms with Crippen LogP contribution in [-0.2, 0) is 14.8 Å². The predicted octanol–water partition coefficient (Wildman–Crippen LogP) is 1.12. The fourth-order valence-electron chi connectivity index (χ4n) is 1.56. The van der Waals surface area contributed by atoms with Crippen LogP contribution in [0.3, 0.4) is 0 Å². The Bertz CT molecular complexity index is 569. The van der Waals surface area contributed by atoms with Gasteiger partial charge in [0.1, 0.15) is 4.90 Å². The van der Waals surface area contributed by atoms with Crippen molar-refractivity contribution in [2.24, 2.45) is 0 Å². The molecule has 0 aliphatic carbocycles. The van der Waals surface area contributed by atoms with E-state index in [9.17, 15) is 13.2 Å². The minimum absolute atomic E-state index is 0.0127. The monoisotopic (exact) mass is 319 g/mol. The molecule has 0 bridgehead atoms. The normalized spacial score (nSPS) is 12.9. The number of carbonyl (C=O) groups is 1. The Balaban J connectivity index is 2.93. The number of halogens is 1. The number of nitrogens with two attached hydrogens (primary N) is 1. The smallest absolute Gasteiger partial charge is 0.244 e. The minimum atomic E-state index is -3.96. The van der Waals surface area contributed by atoms with Gasteiger partial charge in [0, 0.05) is 6.54 Å². The number of rotatable bonds is 6. The van der Waals surface area contributed by atoms with Crippen LogP contribution < -0.4 is 15.8 Å². The van der Waals surface area contributed by atoms with E-state index < -0.39 is 22.0 Å². The van der Waals surface area contributed by atoms with Gasteiger partial charge in [-0.25, -0.2) is 8.42 Å². The molecule has 0 aliphatic rings. The summed E-state index contributed by atoms with van der Waals surface area (Å²) in [5.41, 5.74) is 5.67. The van der Waals surface area contributed by atoms with Crippen LogP contribution in [0, 0.1) is 0 Å². The number of nitrogen functional groups attached to an aromatic ring is 1. The number of amides is 1. The van der Waals surface area contributed by atoms with Gasteiger partial charge in [0.05, 0.1) is 16.8 Å². The van der Waals surface area contributed by atoms with Crippen LogP contribution in [0.5, 0.6) is 0 Å². The first-order chi connectivity index (χ1) is 9.29. The molecule has 0 aliphatic heterocycles. The predicted molar refractivity (Wildman–Crippen MR) is 78.9 cm³/mol. The van der Waals surface area contributed by atoms with E-state index in [2.05, 4.69) is 10.0 Å². The van der Waals surface area contributed by atoms with Crippen LogP contribution in [0.15, 0.2) is 23.1 Å². The number of carbonyl (C=O) groups excluding carboxylic acids is 1. The Morgan fingerprint density at radius 3 is 2.65 bits per heavy atom. The van der Waals surface area contributed by atoms with Crippen LogP contribution in [0.2, 0.25) is 5.02 Å². The van der Waals surface area contributed by atoms with E-state index in [4.69, 9.17) is 17.3 Å². The van der Waals surface area contributed by atoms with E-state index in [1.165, 1.54) is 19.1 Å². The van der Waals surface area contributed by atoms with Gasteiger partial charge in [0.15, 0.2) is 0 Å². The number of benzene rings is 1. The molecule has 1 amide bonds. The first kappa shape index (κ1) is 16.7. The highest BCUT2D eigenvalue weighted by atomic mass is 35.5. The van der Waals surface area contributed by atoms with Crippen LogP contribution in [0.25, 0.3) is 0 Å². The van der Waals surface area contributed by atoms with Crippen LogP contribution in [-0.4, -0.2) is 26.9 Å². The number of hydrogen-bond acceptors (Lipinski definition) is 4. The second kappa shape index (κ2) is 6.92. The fourth-order valence-corrected chi connectivity index (χ4v) is 3.44. The van der Waals surface area contributed by atoms with E-state index >= 15 is 0 Å². The molecule has 112 valence electrons. The maximum atomic E-state index is 12.2. The van der Waals surface area contributed by atoms with Gasteiger partial charge < -0.3 is 11.1 Å². The van der Waals surface area contributed by atoms with E-state index in [0.29, 0.717) is 6.54 Å². The summed E-state index contributed by atoms with van der Waals surface area (Å²) in [6, 6.07) is 3.49. The summed E-state index contributed by atoms with van der Waals surface area (Å²) in [5, 5.41) is 2.62. The Morgan fingerprint density at radius 1 is 1.45 bits per heavy atom. The lowest BCUT2D eigenvalue weighted by Crippen LogP contribution is -2.45. The van der Waals surface area contributed by atoms with Gasteiger partial charge in [-0.3, -0.25) is 4.79 Å². The summed E-state index contributed by atoms with van der Waals surface area (Å²) in [6.07, 6.45) is 0.767. The third-order valence-corrected chi connectivity index (χ3v) is 4.62. The van der Waals surface area contributed by atoms with E-state index in [0.717, 1.165) is 6.42 Å². The van der Waals surface area contributed by atoms with Crippen molar-refractivity contribution in [3.8, 4) is 0 Å². The van der Waals surface area contributed by atoms with Crippen molar-refractivity contribution in [1.29, 1.82) is 0 Å². The van der Waals surface area contributed by atoms with Gasteiger partial charge in [-0.1, -0.05) is 24.6 Å². The molecule has 1 aromatic rings. The molecule has 1 atom stereocenters. The average molecular weight is 320 g/mol. The molecule has 0 saturated carbocycles. The largest absolute Gasteiger partial charge is 0.398 e. The third kappa shape index (κ3) is 4.09. The van der Waals surface area contributed by atoms with Crippen molar-refractivity contribution in [2.75, 3.05) is 12.3 Å². The minimum Gasteiger partial charge on any atom is -0.398 e. The lowest BCUT2D eigenvalue weighted by Gasteiger charge is -2.15. The summed E-state index contributed by atoms with van der Waals surface area (Å²) >= 11 is 5.86. The molecular formula is C12H18ClN3O3S. The molecule has 4 N–H and O–H groups in total. The first-order valence-corrected chi connectivity index (χ1v) is 7.99. The molecule has 1 aromatic carbocycles. The molecule has 0 fully saturated rings. The number of nitrogens with one attached hydrogen (secondary N) is 2. The van der Waals surface area contributed by atoms with Crippen molar-refractivity contribution in [3.63, 3.8) is 0 Å². The van der Waals surface area contributed by atoms with Gasteiger partial charge in [0.2, 0.25) is 15.9 Å². The maximum Gasteiger partial charge on any atom is 0.244 e. The molecule has 8 heteroatoms. The maximum absolute atomic E-state index is 12.2. The molecule has 0 heterocycles. The zero-order valence-corrected chi connectivity index (χ0v) is 12.9. The van der Waals surface area contributed by atoms with E-state index in [1.807, 2.05) is 6.92 Å². The zero-order valence-electron chi connectivity index (χ0n) is 11.3. The molecule has 1 rings (SSSR count). The van der Waals surface area contributed by atoms with Crippen molar-refractivity contribution in [3.05, 3.63) is 23.2 Å². The molecule has 0 spiro atoms. The topological polar surface area (TPSA) is 101 Å². The number of sulfonamides is 1. The molecular weight excluding hydrogens is 302 g/mol. The summed E-state index contributed by atoms with van der Waals surface area (Å²) in [4.78, 5) is 11.5. The van der Waals surface area contributed by atoms with Crippen molar-refractivity contribution in [2.45, 2.75) is 31.2 Å². The highest BCUT2D eigenvalue weighted by molar-refractivity contribution is 7.89. The zero-order chi connectivity index (χ0) is 15.3. The van der Waals surface area contributed by atoms with E-state index in [-0.39, 0.29) is 15.6 Å². The fraction of sp³-hybridized carbons (Fsp3) is 0.417. The van der Waals surface area contributed by atoms with Gasteiger partial charge >= 0.3 is 0 Å². The molecule has 0 radical (unpaired) electrons. The number of hydrogen-bond donors (Lipinski definition) is 3. The standard InChI is InChI=1S/C12H18ClN3O3S/c1-3-7-15-12(17)8(2)16-20(18,19)11-9(13)5-4-6-10(11)14/h4-6,8,16H,3,7,14H2,1-2H3,(H,15,17). The third-order valence-electron chi connectivity index (χ3n) is 2.54. The van der Waals surface area contributed by atoms with E-state index in [1.54, 1.807) is 6.07 Å². The van der Waals surface area contributed by atoms with Crippen molar-refractivity contribution in [1.82, 2.24) is 10.0 Å². The molecule has 20 heavy (non-hydrogen) atoms.